The van der Waals surface area contributed by atoms with Crippen molar-refractivity contribution in [2.45, 2.75) is 19.2 Å². The van der Waals surface area contributed by atoms with E-state index in [4.69, 9.17) is 4.74 Å². The Morgan fingerprint density at radius 3 is 2.39 bits per heavy atom. The van der Waals surface area contributed by atoms with Crippen molar-refractivity contribution in [3.63, 3.8) is 0 Å². The van der Waals surface area contributed by atoms with Gasteiger partial charge in [0, 0.05) is 39.3 Å². The van der Waals surface area contributed by atoms with Gasteiger partial charge in [-0.05, 0) is 19.1 Å². The second-order valence-electron chi connectivity index (χ2n) is 7.13. The Hall–Kier alpha value is -2.13. The summed E-state index contributed by atoms with van der Waals surface area (Å²) >= 11 is 0. The lowest BCUT2D eigenvalue weighted by atomic mass is 10.1. The van der Waals surface area contributed by atoms with Gasteiger partial charge in [0.15, 0.2) is 0 Å². The van der Waals surface area contributed by atoms with Crippen molar-refractivity contribution in [3.05, 3.63) is 35.4 Å². The second kappa shape index (κ2) is 8.48. The van der Waals surface area contributed by atoms with Crippen LogP contribution in [0.15, 0.2) is 24.3 Å². The highest BCUT2D eigenvalue weighted by atomic mass is 19.4. The van der Waals surface area contributed by atoms with Crippen LogP contribution in [-0.4, -0.2) is 85.0 Å². The number of ether oxygens (including phenoxy) is 1. The number of halogens is 3. The molecule has 0 spiro atoms. The zero-order valence-electron chi connectivity index (χ0n) is 15.7. The van der Waals surface area contributed by atoms with Crippen LogP contribution in [0, 0.1) is 0 Å². The van der Waals surface area contributed by atoms with Crippen LogP contribution >= 0.6 is 0 Å². The first-order valence-electron chi connectivity index (χ1n) is 9.33. The van der Waals surface area contributed by atoms with Crippen LogP contribution in [0.25, 0.3) is 0 Å². The Labute approximate surface area is 161 Å². The summed E-state index contributed by atoms with van der Waals surface area (Å²) in [6, 6.07) is 4.84. The van der Waals surface area contributed by atoms with E-state index in [1.165, 1.54) is 23.1 Å². The number of carbonyl (C=O) groups is 2. The third-order valence-electron chi connectivity index (χ3n) is 5.08. The Morgan fingerprint density at radius 1 is 1.07 bits per heavy atom. The lowest BCUT2D eigenvalue weighted by Gasteiger charge is -2.37. The van der Waals surface area contributed by atoms with Crippen LogP contribution in [0.3, 0.4) is 0 Å². The van der Waals surface area contributed by atoms with Gasteiger partial charge < -0.3 is 14.5 Å². The van der Waals surface area contributed by atoms with E-state index in [0.717, 1.165) is 6.07 Å². The van der Waals surface area contributed by atoms with Gasteiger partial charge in [0.25, 0.3) is 5.91 Å². The van der Waals surface area contributed by atoms with E-state index in [2.05, 4.69) is 0 Å². The van der Waals surface area contributed by atoms with Crippen LogP contribution in [0.5, 0.6) is 0 Å². The summed E-state index contributed by atoms with van der Waals surface area (Å²) in [6.45, 7) is 5.29. The number of benzene rings is 1. The van der Waals surface area contributed by atoms with Gasteiger partial charge in [-0.2, -0.15) is 13.2 Å². The molecule has 2 amide bonds. The standard InChI is InChI=1S/C19H24F3N3O3/c1-14-12-25(10-11-28-14)17(26)13-23-6-8-24(9-7-23)18(27)15-4-2-3-5-16(15)19(20,21)22/h2-5,14H,6-13H2,1H3. The molecule has 0 aliphatic carbocycles. The first kappa shape index (κ1) is 20.6. The van der Waals surface area contributed by atoms with Crippen LogP contribution in [-0.2, 0) is 15.7 Å². The first-order chi connectivity index (χ1) is 13.3. The molecule has 154 valence electrons. The van der Waals surface area contributed by atoms with Gasteiger partial charge in [0.2, 0.25) is 5.91 Å². The van der Waals surface area contributed by atoms with Crippen molar-refractivity contribution in [3.8, 4) is 0 Å². The fraction of sp³-hybridized carbons (Fsp3) is 0.579. The minimum absolute atomic E-state index is 0.0114. The van der Waals surface area contributed by atoms with Gasteiger partial charge in [0.05, 0.1) is 30.4 Å². The molecule has 2 heterocycles. The topological polar surface area (TPSA) is 53.1 Å². The van der Waals surface area contributed by atoms with E-state index in [1.807, 2.05) is 11.8 Å². The fourth-order valence-electron chi connectivity index (χ4n) is 3.53. The average Bonchev–Trinajstić information content (AvgIpc) is 2.67. The summed E-state index contributed by atoms with van der Waals surface area (Å²) in [5.74, 6) is -0.613. The molecular weight excluding hydrogens is 375 g/mol. The molecule has 2 saturated heterocycles. The molecule has 2 aliphatic heterocycles. The van der Waals surface area contributed by atoms with Crippen LogP contribution in [0.1, 0.15) is 22.8 Å². The molecule has 3 rings (SSSR count). The van der Waals surface area contributed by atoms with Crippen LogP contribution in [0.2, 0.25) is 0 Å². The van der Waals surface area contributed by atoms with Crippen LogP contribution < -0.4 is 0 Å². The Morgan fingerprint density at radius 2 is 1.75 bits per heavy atom. The number of alkyl halides is 3. The molecule has 2 fully saturated rings. The predicted molar refractivity (Wildman–Crippen MR) is 95.8 cm³/mol. The molecule has 9 heteroatoms. The molecule has 6 nitrogen and oxygen atoms in total. The van der Waals surface area contributed by atoms with Gasteiger partial charge in [-0.25, -0.2) is 0 Å². The molecule has 0 bridgehead atoms. The Balaban J connectivity index is 1.56. The molecule has 28 heavy (non-hydrogen) atoms. The maximum Gasteiger partial charge on any atom is 0.417 e. The van der Waals surface area contributed by atoms with Gasteiger partial charge >= 0.3 is 6.18 Å². The fourth-order valence-corrected chi connectivity index (χ4v) is 3.53. The number of rotatable bonds is 3. The summed E-state index contributed by atoms with van der Waals surface area (Å²) in [7, 11) is 0. The van der Waals surface area contributed by atoms with E-state index in [1.54, 1.807) is 4.90 Å². The molecule has 1 aromatic carbocycles. The molecule has 2 aliphatic rings. The molecular formula is C19H24F3N3O3. The van der Waals surface area contributed by atoms with E-state index in [0.29, 0.717) is 32.8 Å². The van der Waals surface area contributed by atoms with E-state index < -0.39 is 17.6 Å². The minimum Gasteiger partial charge on any atom is -0.375 e. The molecule has 0 radical (unpaired) electrons. The molecule has 0 aromatic heterocycles. The molecule has 1 atom stereocenters. The Kier molecular flexibility index (Phi) is 6.24. The van der Waals surface area contributed by atoms with Crippen molar-refractivity contribution in [2.24, 2.45) is 0 Å². The number of morpholine rings is 1. The summed E-state index contributed by atoms with van der Waals surface area (Å²) in [5, 5.41) is 0. The lowest BCUT2D eigenvalue weighted by molar-refractivity contribution is -0.140. The van der Waals surface area contributed by atoms with E-state index in [-0.39, 0.29) is 37.2 Å². The largest absolute Gasteiger partial charge is 0.417 e. The quantitative estimate of drug-likeness (QED) is 0.777. The lowest BCUT2D eigenvalue weighted by Crippen LogP contribution is -2.53. The summed E-state index contributed by atoms with van der Waals surface area (Å²) in [4.78, 5) is 30.1. The number of piperazine rings is 1. The molecule has 1 aromatic rings. The van der Waals surface area contributed by atoms with Gasteiger partial charge in [-0.15, -0.1) is 0 Å². The SMILES string of the molecule is CC1CN(C(=O)CN2CCN(C(=O)c3ccccc3C(F)(F)F)CC2)CCO1. The third kappa shape index (κ3) is 4.82. The number of hydrogen-bond donors (Lipinski definition) is 0. The minimum atomic E-state index is -4.57. The smallest absolute Gasteiger partial charge is 0.375 e. The monoisotopic (exact) mass is 399 g/mol. The van der Waals surface area contributed by atoms with Crippen LogP contribution in [0.4, 0.5) is 13.2 Å². The number of carbonyl (C=O) groups excluding carboxylic acids is 2. The number of amides is 2. The van der Waals surface area contributed by atoms with Gasteiger partial charge in [0.1, 0.15) is 0 Å². The normalized spacial score (nSPS) is 21.6. The zero-order chi connectivity index (χ0) is 20.3. The Bertz CT molecular complexity index is 718. The molecule has 0 saturated carbocycles. The van der Waals surface area contributed by atoms with Crippen molar-refractivity contribution in [1.29, 1.82) is 0 Å². The second-order valence-corrected chi connectivity index (χ2v) is 7.13. The van der Waals surface area contributed by atoms with Gasteiger partial charge in [-0.3, -0.25) is 14.5 Å². The third-order valence-corrected chi connectivity index (χ3v) is 5.08. The first-order valence-corrected chi connectivity index (χ1v) is 9.33. The predicted octanol–water partition coefficient (Wildman–Crippen LogP) is 1.71. The molecule has 0 N–H and O–H groups in total. The highest BCUT2D eigenvalue weighted by molar-refractivity contribution is 5.96. The highest BCUT2D eigenvalue weighted by Gasteiger charge is 2.36. The maximum absolute atomic E-state index is 13.2. The van der Waals surface area contributed by atoms with E-state index >= 15 is 0 Å². The highest BCUT2D eigenvalue weighted by Crippen LogP contribution is 2.32. The van der Waals surface area contributed by atoms with Gasteiger partial charge in [-0.1, -0.05) is 12.1 Å². The summed E-state index contributed by atoms with van der Waals surface area (Å²) < 4.78 is 44.9. The molecule has 1 unspecified atom stereocenters. The summed E-state index contributed by atoms with van der Waals surface area (Å²) in [5.41, 5.74) is -1.25. The van der Waals surface area contributed by atoms with Crippen molar-refractivity contribution < 1.29 is 27.5 Å². The maximum atomic E-state index is 13.2. The summed E-state index contributed by atoms with van der Waals surface area (Å²) in [6.07, 6.45) is -4.56. The zero-order valence-corrected chi connectivity index (χ0v) is 15.7. The number of hydrogen-bond acceptors (Lipinski definition) is 4. The van der Waals surface area contributed by atoms with Crippen molar-refractivity contribution in [2.75, 3.05) is 52.4 Å². The average molecular weight is 399 g/mol. The van der Waals surface area contributed by atoms with Crippen molar-refractivity contribution in [1.82, 2.24) is 14.7 Å². The van der Waals surface area contributed by atoms with E-state index in [9.17, 15) is 22.8 Å². The number of nitrogens with zero attached hydrogens (tertiary/aromatic N) is 3. The van der Waals surface area contributed by atoms with Crippen molar-refractivity contribution >= 4 is 11.8 Å².